The average Bonchev–Trinajstić information content (AvgIpc) is 2.35. The van der Waals surface area contributed by atoms with Crippen LogP contribution in [0.3, 0.4) is 0 Å². The van der Waals surface area contributed by atoms with Crippen LogP contribution < -0.4 is 20.9 Å². The van der Waals surface area contributed by atoms with Gasteiger partial charge in [-0.2, -0.15) is 0 Å². The second-order valence-electron chi connectivity index (χ2n) is 4.81. The van der Waals surface area contributed by atoms with E-state index in [1.807, 2.05) is 38.1 Å². The molecule has 0 spiro atoms. The number of nitrogens with two attached hydrogens (primary N) is 2. The van der Waals surface area contributed by atoms with Gasteiger partial charge in [-0.15, -0.1) is 6.58 Å². The first-order valence-electron chi connectivity index (χ1n) is 6.54. The van der Waals surface area contributed by atoms with E-state index in [1.165, 1.54) is 0 Å². The summed E-state index contributed by atoms with van der Waals surface area (Å²) in [6.45, 7) is 8.45. The number of hydrogen-bond acceptors (Lipinski definition) is 4. The average molecular weight is 264 g/mol. The number of allylic oxidation sites excluding steroid dienone is 1. The molecule has 4 heteroatoms. The topological polar surface area (TPSA) is 70.5 Å². The minimum absolute atomic E-state index is 0.0238. The maximum atomic E-state index is 5.78. The molecule has 0 fully saturated rings. The van der Waals surface area contributed by atoms with Crippen molar-refractivity contribution in [1.82, 2.24) is 0 Å². The Morgan fingerprint density at radius 1 is 1.16 bits per heavy atom. The van der Waals surface area contributed by atoms with Gasteiger partial charge in [-0.05, 0) is 26.3 Å². The second-order valence-corrected chi connectivity index (χ2v) is 4.81. The summed E-state index contributed by atoms with van der Waals surface area (Å²) in [6.07, 6.45) is 2.56. The molecular weight excluding hydrogens is 240 g/mol. The van der Waals surface area contributed by atoms with Crippen molar-refractivity contribution in [1.29, 1.82) is 0 Å². The third-order valence-electron chi connectivity index (χ3n) is 2.42. The minimum atomic E-state index is -0.0296. The molecule has 4 N–H and O–H groups in total. The smallest absolute Gasteiger partial charge is 0.164 e. The Morgan fingerprint density at radius 3 is 2.37 bits per heavy atom. The molecule has 1 aromatic rings. The van der Waals surface area contributed by atoms with Crippen LogP contribution in [0.4, 0.5) is 0 Å². The Hall–Kier alpha value is -1.52. The second kappa shape index (κ2) is 7.81. The van der Waals surface area contributed by atoms with E-state index in [-0.39, 0.29) is 12.1 Å². The largest absolute Gasteiger partial charge is 0.488 e. The summed E-state index contributed by atoms with van der Waals surface area (Å²) in [7, 11) is 0. The molecule has 4 nitrogen and oxygen atoms in total. The molecule has 0 aromatic heterocycles. The van der Waals surface area contributed by atoms with Crippen molar-refractivity contribution >= 4 is 0 Å². The summed E-state index contributed by atoms with van der Waals surface area (Å²) in [4.78, 5) is 0. The summed E-state index contributed by atoms with van der Waals surface area (Å²) in [5.41, 5.74) is 12.5. The van der Waals surface area contributed by atoms with Crippen LogP contribution in [0.2, 0.25) is 0 Å². The molecule has 1 rings (SSSR count). The first kappa shape index (κ1) is 15.5. The summed E-state index contributed by atoms with van der Waals surface area (Å²) in [6, 6.07) is 5.76. The van der Waals surface area contributed by atoms with E-state index in [2.05, 4.69) is 6.58 Å². The molecule has 0 aliphatic carbocycles. The molecule has 2 unspecified atom stereocenters. The highest BCUT2D eigenvalue weighted by atomic mass is 16.5. The number of benzene rings is 1. The highest BCUT2D eigenvalue weighted by Crippen LogP contribution is 2.32. The van der Waals surface area contributed by atoms with Crippen LogP contribution in [0, 0.1) is 0 Å². The van der Waals surface area contributed by atoms with E-state index in [4.69, 9.17) is 20.9 Å². The van der Waals surface area contributed by atoms with Gasteiger partial charge in [0.05, 0.1) is 0 Å². The van der Waals surface area contributed by atoms with Gasteiger partial charge in [0, 0.05) is 17.6 Å². The van der Waals surface area contributed by atoms with Crippen molar-refractivity contribution in [3.8, 4) is 11.5 Å². The summed E-state index contributed by atoms with van der Waals surface area (Å²) >= 11 is 0. The number of para-hydroxylation sites is 1. The van der Waals surface area contributed by atoms with Gasteiger partial charge in [0.2, 0.25) is 0 Å². The van der Waals surface area contributed by atoms with E-state index in [0.717, 1.165) is 17.7 Å². The minimum Gasteiger partial charge on any atom is -0.488 e. The van der Waals surface area contributed by atoms with Gasteiger partial charge >= 0.3 is 0 Å². The normalized spacial score (nSPS) is 13.7. The lowest BCUT2D eigenvalue weighted by Crippen LogP contribution is -2.25. The van der Waals surface area contributed by atoms with Crippen LogP contribution in [-0.4, -0.2) is 25.3 Å². The Labute approximate surface area is 115 Å². The molecule has 19 heavy (non-hydrogen) atoms. The molecule has 0 heterocycles. The van der Waals surface area contributed by atoms with Crippen LogP contribution in [0.15, 0.2) is 30.9 Å². The lowest BCUT2D eigenvalue weighted by atomic mass is 10.1. The fourth-order valence-electron chi connectivity index (χ4n) is 1.59. The standard InChI is InChI=1S/C15H24N2O2/c1-4-6-13-7-5-8-14(18-9-11(2)16)15(13)19-10-12(3)17/h4-5,7-8,11-12H,1,6,9-10,16-17H2,2-3H3. The molecule has 0 saturated carbocycles. The van der Waals surface area contributed by atoms with Gasteiger partial charge in [-0.3, -0.25) is 0 Å². The highest BCUT2D eigenvalue weighted by molar-refractivity contribution is 5.47. The van der Waals surface area contributed by atoms with Crippen LogP contribution >= 0.6 is 0 Å². The van der Waals surface area contributed by atoms with Gasteiger partial charge in [-0.1, -0.05) is 18.2 Å². The van der Waals surface area contributed by atoms with E-state index < -0.39 is 0 Å². The van der Waals surface area contributed by atoms with E-state index in [0.29, 0.717) is 19.0 Å². The van der Waals surface area contributed by atoms with Gasteiger partial charge in [-0.25, -0.2) is 0 Å². The van der Waals surface area contributed by atoms with Gasteiger partial charge in [0.15, 0.2) is 11.5 Å². The zero-order valence-corrected chi connectivity index (χ0v) is 11.8. The zero-order chi connectivity index (χ0) is 14.3. The lowest BCUT2D eigenvalue weighted by Gasteiger charge is -2.17. The Balaban J connectivity index is 2.92. The van der Waals surface area contributed by atoms with E-state index in [1.54, 1.807) is 0 Å². The third kappa shape index (κ3) is 5.32. The van der Waals surface area contributed by atoms with Crippen LogP contribution in [0.5, 0.6) is 11.5 Å². The molecule has 0 aliphatic heterocycles. The fourth-order valence-corrected chi connectivity index (χ4v) is 1.59. The first-order valence-corrected chi connectivity index (χ1v) is 6.54. The number of ether oxygens (including phenoxy) is 2. The fraction of sp³-hybridized carbons (Fsp3) is 0.467. The number of hydrogen-bond donors (Lipinski definition) is 2. The monoisotopic (exact) mass is 264 g/mol. The van der Waals surface area contributed by atoms with Crippen molar-refractivity contribution in [3.63, 3.8) is 0 Å². The lowest BCUT2D eigenvalue weighted by molar-refractivity contribution is 0.249. The summed E-state index contributed by atoms with van der Waals surface area (Å²) in [5.74, 6) is 1.44. The predicted octanol–water partition coefficient (Wildman–Crippen LogP) is 1.87. The van der Waals surface area contributed by atoms with E-state index >= 15 is 0 Å². The van der Waals surface area contributed by atoms with Crippen molar-refractivity contribution in [2.45, 2.75) is 32.4 Å². The van der Waals surface area contributed by atoms with Crippen molar-refractivity contribution in [2.24, 2.45) is 11.5 Å². The summed E-state index contributed by atoms with van der Waals surface area (Å²) < 4.78 is 11.5. The zero-order valence-electron chi connectivity index (χ0n) is 11.8. The van der Waals surface area contributed by atoms with Crippen LogP contribution in [0.25, 0.3) is 0 Å². The molecule has 1 aromatic carbocycles. The SMILES string of the molecule is C=CCc1cccc(OCC(C)N)c1OCC(C)N. The molecule has 0 aliphatic rings. The molecule has 0 radical (unpaired) electrons. The molecule has 106 valence electrons. The number of rotatable bonds is 8. The van der Waals surface area contributed by atoms with Crippen molar-refractivity contribution in [2.75, 3.05) is 13.2 Å². The maximum absolute atomic E-state index is 5.78. The third-order valence-corrected chi connectivity index (χ3v) is 2.42. The molecule has 0 amide bonds. The van der Waals surface area contributed by atoms with E-state index in [9.17, 15) is 0 Å². The molecule has 2 atom stereocenters. The Kier molecular flexibility index (Phi) is 6.39. The van der Waals surface area contributed by atoms with Gasteiger partial charge in [0.1, 0.15) is 13.2 Å². The molecule has 0 saturated heterocycles. The highest BCUT2D eigenvalue weighted by Gasteiger charge is 2.11. The van der Waals surface area contributed by atoms with Crippen LogP contribution in [-0.2, 0) is 6.42 Å². The first-order chi connectivity index (χ1) is 9.04. The predicted molar refractivity (Wildman–Crippen MR) is 78.6 cm³/mol. The molecular formula is C15H24N2O2. The van der Waals surface area contributed by atoms with Crippen LogP contribution in [0.1, 0.15) is 19.4 Å². The van der Waals surface area contributed by atoms with Gasteiger partial charge in [0.25, 0.3) is 0 Å². The van der Waals surface area contributed by atoms with Crippen molar-refractivity contribution < 1.29 is 9.47 Å². The van der Waals surface area contributed by atoms with Gasteiger partial charge < -0.3 is 20.9 Å². The quantitative estimate of drug-likeness (QED) is 0.703. The maximum Gasteiger partial charge on any atom is 0.164 e. The Morgan fingerprint density at radius 2 is 1.79 bits per heavy atom. The van der Waals surface area contributed by atoms with Crippen molar-refractivity contribution in [3.05, 3.63) is 36.4 Å². The molecule has 0 bridgehead atoms. The Bertz CT molecular complexity index is 403. The summed E-state index contributed by atoms with van der Waals surface area (Å²) in [5, 5.41) is 0.